The van der Waals surface area contributed by atoms with Crippen LogP contribution in [0.25, 0.3) is 0 Å². The Morgan fingerprint density at radius 1 is 1.04 bits per heavy atom. The molecule has 0 saturated heterocycles. The van der Waals surface area contributed by atoms with E-state index < -0.39 is 12.1 Å². The highest BCUT2D eigenvalue weighted by Gasteiger charge is 2.53. The molecule has 1 aliphatic heterocycles. The van der Waals surface area contributed by atoms with Crippen LogP contribution in [0.4, 0.5) is 10.5 Å². The fourth-order valence-corrected chi connectivity index (χ4v) is 4.45. The van der Waals surface area contributed by atoms with Gasteiger partial charge < -0.3 is 15.1 Å². The zero-order chi connectivity index (χ0) is 18.4. The molecular formula is C19H22N2O5. The Labute approximate surface area is 151 Å². The maximum Gasteiger partial charge on any atom is 0.412 e. The maximum atomic E-state index is 12.9. The summed E-state index contributed by atoms with van der Waals surface area (Å²) >= 11 is 0. The number of hydrogen-bond donors (Lipinski definition) is 2. The highest BCUT2D eigenvalue weighted by atomic mass is 16.4. The molecule has 2 saturated carbocycles. The second-order valence-electron chi connectivity index (χ2n) is 7.39. The number of anilines is 1. The maximum absolute atomic E-state index is 12.9. The molecule has 1 aromatic carbocycles. The van der Waals surface area contributed by atoms with Gasteiger partial charge in [-0.15, -0.1) is 0 Å². The Hall–Kier alpha value is -2.57. The van der Waals surface area contributed by atoms with Gasteiger partial charge in [0, 0.05) is 24.4 Å². The SMILES string of the molecule is O=C(O)CCC(=O)N(C1CC1)C1c2ccccc2N(C(=O)O)[C@H]2CC[C@H]12. The third-order valence-electron chi connectivity index (χ3n) is 5.83. The van der Waals surface area contributed by atoms with Crippen LogP contribution in [0.5, 0.6) is 0 Å². The summed E-state index contributed by atoms with van der Waals surface area (Å²) in [6.07, 6.45) is 2.39. The number of fused-ring (bicyclic) bond motifs is 2. The first-order valence-corrected chi connectivity index (χ1v) is 9.13. The van der Waals surface area contributed by atoms with Gasteiger partial charge in [0.15, 0.2) is 0 Å². The number of aliphatic carboxylic acids is 1. The van der Waals surface area contributed by atoms with Crippen LogP contribution in [0.1, 0.15) is 50.1 Å². The van der Waals surface area contributed by atoms with E-state index in [0.29, 0.717) is 5.69 Å². The Balaban J connectivity index is 1.72. The van der Waals surface area contributed by atoms with Gasteiger partial charge in [-0.3, -0.25) is 14.5 Å². The topological polar surface area (TPSA) is 98.2 Å². The molecule has 3 atom stereocenters. The first-order chi connectivity index (χ1) is 12.5. The number of benzene rings is 1. The third-order valence-corrected chi connectivity index (χ3v) is 5.83. The average molecular weight is 358 g/mol. The molecule has 0 radical (unpaired) electrons. The molecule has 0 bridgehead atoms. The minimum absolute atomic E-state index is 0.00939. The lowest BCUT2D eigenvalue weighted by molar-refractivity contribution is -0.143. The van der Waals surface area contributed by atoms with Crippen molar-refractivity contribution in [3.63, 3.8) is 0 Å². The second kappa shape index (κ2) is 6.30. The summed E-state index contributed by atoms with van der Waals surface area (Å²) in [6.45, 7) is 0. The molecule has 2 amide bonds. The van der Waals surface area contributed by atoms with Crippen molar-refractivity contribution in [1.29, 1.82) is 0 Å². The minimum atomic E-state index is -0.975. The molecule has 2 N–H and O–H groups in total. The van der Waals surface area contributed by atoms with Gasteiger partial charge in [-0.1, -0.05) is 18.2 Å². The van der Waals surface area contributed by atoms with Crippen molar-refractivity contribution in [1.82, 2.24) is 4.90 Å². The van der Waals surface area contributed by atoms with Gasteiger partial charge in [0.25, 0.3) is 0 Å². The quantitative estimate of drug-likeness (QED) is 0.843. The molecule has 1 aromatic rings. The van der Waals surface area contributed by atoms with Crippen molar-refractivity contribution >= 4 is 23.7 Å². The average Bonchev–Trinajstić information content (AvgIpc) is 3.40. The van der Waals surface area contributed by atoms with Crippen LogP contribution in [0.2, 0.25) is 0 Å². The van der Waals surface area contributed by atoms with Gasteiger partial charge in [-0.2, -0.15) is 0 Å². The predicted molar refractivity (Wildman–Crippen MR) is 92.9 cm³/mol. The van der Waals surface area contributed by atoms with Gasteiger partial charge in [-0.05, 0) is 37.3 Å². The lowest BCUT2D eigenvalue weighted by Crippen LogP contribution is -2.59. The summed E-state index contributed by atoms with van der Waals surface area (Å²) in [6, 6.07) is 7.28. The Morgan fingerprint density at radius 2 is 1.77 bits per heavy atom. The second-order valence-corrected chi connectivity index (χ2v) is 7.39. The van der Waals surface area contributed by atoms with Gasteiger partial charge in [0.2, 0.25) is 5.91 Å². The Kier molecular flexibility index (Phi) is 4.09. The van der Waals surface area contributed by atoms with Crippen LogP contribution in [-0.4, -0.2) is 45.2 Å². The highest BCUT2D eigenvalue weighted by molar-refractivity contribution is 5.90. The van der Waals surface area contributed by atoms with E-state index in [2.05, 4.69) is 0 Å². The normalized spacial score (nSPS) is 26.3. The number of rotatable bonds is 5. The number of hydrogen-bond acceptors (Lipinski definition) is 3. The molecule has 1 unspecified atom stereocenters. The van der Waals surface area contributed by atoms with E-state index in [1.807, 2.05) is 23.1 Å². The van der Waals surface area contributed by atoms with Crippen LogP contribution >= 0.6 is 0 Å². The van der Waals surface area contributed by atoms with Gasteiger partial charge >= 0.3 is 12.1 Å². The van der Waals surface area contributed by atoms with Gasteiger partial charge in [0.05, 0.1) is 18.2 Å². The van der Waals surface area contributed by atoms with Crippen molar-refractivity contribution in [3.8, 4) is 0 Å². The zero-order valence-electron chi connectivity index (χ0n) is 14.4. The molecule has 0 spiro atoms. The molecule has 138 valence electrons. The molecule has 2 fully saturated rings. The highest BCUT2D eigenvalue weighted by Crippen LogP contribution is 2.54. The van der Waals surface area contributed by atoms with Crippen LogP contribution in [0.3, 0.4) is 0 Å². The number of nitrogens with zero attached hydrogens (tertiary/aromatic N) is 2. The first kappa shape index (κ1) is 16.9. The van der Waals surface area contributed by atoms with E-state index >= 15 is 0 Å². The van der Waals surface area contributed by atoms with Crippen molar-refractivity contribution < 1.29 is 24.6 Å². The third kappa shape index (κ3) is 2.71. The number of amides is 2. The van der Waals surface area contributed by atoms with Crippen molar-refractivity contribution in [2.24, 2.45) is 5.92 Å². The fourth-order valence-electron chi connectivity index (χ4n) is 4.45. The lowest BCUT2D eigenvalue weighted by Gasteiger charge is -2.54. The first-order valence-electron chi connectivity index (χ1n) is 9.13. The van der Waals surface area contributed by atoms with Crippen molar-refractivity contribution in [2.45, 2.75) is 56.7 Å². The van der Waals surface area contributed by atoms with E-state index in [0.717, 1.165) is 31.2 Å². The Morgan fingerprint density at radius 3 is 2.35 bits per heavy atom. The van der Waals surface area contributed by atoms with E-state index in [-0.39, 0.29) is 42.8 Å². The molecule has 4 rings (SSSR count). The minimum Gasteiger partial charge on any atom is -0.481 e. The van der Waals surface area contributed by atoms with Gasteiger partial charge in [0.1, 0.15) is 0 Å². The largest absolute Gasteiger partial charge is 0.481 e. The number of carbonyl (C=O) groups is 3. The molecule has 7 heteroatoms. The Bertz CT molecular complexity index is 760. The van der Waals surface area contributed by atoms with E-state index in [1.54, 1.807) is 6.07 Å². The molecule has 7 nitrogen and oxygen atoms in total. The number of carboxylic acid groups (broad SMARTS) is 2. The summed E-state index contributed by atoms with van der Waals surface area (Å²) in [5, 5.41) is 18.6. The van der Waals surface area contributed by atoms with E-state index in [4.69, 9.17) is 5.11 Å². The van der Waals surface area contributed by atoms with Gasteiger partial charge in [-0.25, -0.2) is 4.79 Å². The summed E-state index contributed by atoms with van der Waals surface area (Å²) in [5.41, 5.74) is 1.52. The molecule has 1 heterocycles. The van der Waals surface area contributed by atoms with Crippen molar-refractivity contribution in [2.75, 3.05) is 4.90 Å². The molecular weight excluding hydrogens is 336 g/mol. The fraction of sp³-hybridized carbons (Fsp3) is 0.526. The van der Waals surface area contributed by atoms with Crippen LogP contribution in [0.15, 0.2) is 24.3 Å². The van der Waals surface area contributed by atoms with Crippen LogP contribution in [-0.2, 0) is 9.59 Å². The molecule has 26 heavy (non-hydrogen) atoms. The monoisotopic (exact) mass is 358 g/mol. The van der Waals surface area contributed by atoms with Crippen molar-refractivity contribution in [3.05, 3.63) is 29.8 Å². The number of para-hydroxylation sites is 1. The smallest absolute Gasteiger partial charge is 0.412 e. The zero-order valence-corrected chi connectivity index (χ0v) is 14.4. The molecule has 2 aliphatic carbocycles. The molecule has 3 aliphatic rings. The summed E-state index contributed by atoms with van der Waals surface area (Å²) in [4.78, 5) is 38.9. The van der Waals surface area contributed by atoms with Crippen LogP contribution < -0.4 is 4.90 Å². The predicted octanol–water partition coefficient (Wildman–Crippen LogP) is 2.86. The molecule has 0 aromatic heterocycles. The lowest BCUT2D eigenvalue weighted by atomic mass is 9.68. The number of carbonyl (C=O) groups excluding carboxylic acids is 1. The summed E-state index contributed by atoms with van der Waals surface area (Å²) < 4.78 is 0. The van der Waals surface area contributed by atoms with Crippen LogP contribution in [0, 0.1) is 5.92 Å². The summed E-state index contributed by atoms with van der Waals surface area (Å²) in [7, 11) is 0. The standard InChI is InChI=1S/C19H22N2O5/c22-16(9-10-17(23)24)20(11-5-6-11)18-12-3-1-2-4-14(12)21(19(25)26)15-8-7-13(15)18/h1-4,11,13,15,18H,5-10H2,(H,23,24)(H,25,26)/t13-,15-,18?/m0/s1. The van der Waals surface area contributed by atoms with E-state index in [1.165, 1.54) is 4.90 Å². The van der Waals surface area contributed by atoms with E-state index in [9.17, 15) is 19.5 Å². The number of carboxylic acids is 1. The summed E-state index contributed by atoms with van der Waals surface area (Å²) in [5.74, 6) is -1.03.